The maximum Gasteiger partial charge on any atom is 0.234 e. The summed E-state index contributed by atoms with van der Waals surface area (Å²) < 4.78 is 15.5. The molecule has 0 bridgehead atoms. The van der Waals surface area contributed by atoms with Crippen LogP contribution in [0, 0.1) is 11.7 Å². The zero-order valence-corrected chi connectivity index (χ0v) is 14.2. The number of nitrogens with one attached hydrogen (secondary N) is 1. The second-order valence-electron chi connectivity index (χ2n) is 6.75. The van der Waals surface area contributed by atoms with E-state index in [0.717, 1.165) is 24.3 Å². The van der Waals surface area contributed by atoms with Crippen LogP contribution in [0.3, 0.4) is 0 Å². The molecule has 0 aliphatic carbocycles. The summed E-state index contributed by atoms with van der Waals surface area (Å²) in [5.41, 5.74) is 2.15. The number of carbonyl (C=O) groups is 1. The van der Waals surface area contributed by atoms with Gasteiger partial charge in [0.05, 0.1) is 12.6 Å². The van der Waals surface area contributed by atoms with Crippen molar-refractivity contribution in [2.24, 2.45) is 5.92 Å². The van der Waals surface area contributed by atoms with Gasteiger partial charge in [-0.05, 0) is 35.7 Å². The molecule has 4 nitrogen and oxygen atoms in total. The summed E-state index contributed by atoms with van der Waals surface area (Å²) in [4.78, 5) is 14.4. The minimum Gasteiger partial charge on any atom is -0.355 e. The highest BCUT2D eigenvalue weighted by Crippen LogP contribution is 2.32. The van der Waals surface area contributed by atoms with E-state index in [1.807, 2.05) is 18.2 Å². The fourth-order valence-corrected chi connectivity index (χ4v) is 3.19. The summed E-state index contributed by atoms with van der Waals surface area (Å²) in [5.74, 6) is 0.224. The molecule has 1 aliphatic heterocycles. The Kier molecular flexibility index (Phi) is 5.00. The van der Waals surface area contributed by atoms with Crippen molar-refractivity contribution >= 4 is 5.91 Å². The van der Waals surface area contributed by atoms with Gasteiger partial charge < -0.3 is 9.88 Å². The summed E-state index contributed by atoms with van der Waals surface area (Å²) in [6.45, 7) is 6.84. The lowest BCUT2D eigenvalue weighted by Crippen LogP contribution is -2.44. The van der Waals surface area contributed by atoms with Gasteiger partial charge in [-0.3, -0.25) is 9.69 Å². The number of aromatic nitrogens is 1. The third-order valence-corrected chi connectivity index (χ3v) is 4.38. The molecule has 2 aromatic rings. The summed E-state index contributed by atoms with van der Waals surface area (Å²) in [5, 5.41) is 2.98. The van der Waals surface area contributed by atoms with E-state index in [0.29, 0.717) is 19.0 Å². The Morgan fingerprint density at radius 2 is 2.00 bits per heavy atom. The van der Waals surface area contributed by atoms with Crippen molar-refractivity contribution in [1.82, 2.24) is 14.8 Å². The third kappa shape index (κ3) is 3.67. The predicted octanol–water partition coefficient (Wildman–Crippen LogP) is 2.80. The number of halogens is 1. The molecule has 2 heterocycles. The first-order chi connectivity index (χ1) is 11.5. The van der Waals surface area contributed by atoms with Crippen LogP contribution >= 0.6 is 0 Å². The smallest absolute Gasteiger partial charge is 0.234 e. The average molecular weight is 329 g/mol. The zero-order valence-electron chi connectivity index (χ0n) is 14.2. The average Bonchev–Trinajstić information content (AvgIpc) is 3.02. The Morgan fingerprint density at radius 1 is 1.25 bits per heavy atom. The lowest BCUT2D eigenvalue weighted by Gasteiger charge is -2.37. The third-order valence-electron chi connectivity index (χ3n) is 4.38. The Morgan fingerprint density at radius 3 is 2.71 bits per heavy atom. The number of rotatable bonds is 5. The van der Waals surface area contributed by atoms with Gasteiger partial charge in [-0.15, -0.1) is 0 Å². The number of amides is 1. The van der Waals surface area contributed by atoms with Crippen molar-refractivity contribution in [2.45, 2.75) is 26.4 Å². The van der Waals surface area contributed by atoms with Crippen molar-refractivity contribution in [3.05, 3.63) is 59.7 Å². The maximum absolute atomic E-state index is 13.3. The Labute approximate surface area is 142 Å². The number of benzene rings is 1. The Hall–Kier alpha value is -2.14. The molecular formula is C19H24FN3O. The van der Waals surface area contributed by atoms with Crippen LogP contribution in [0.4, 0.5) is 4.39 Å². The van der Waals surface area contributed by atoms with Crippen LogP contribution in [0.25, 0.3) is 0 Å². The normalized spacial score (nSPS) is 17.8. The molecule has 1 amide bonds. The standard InChI is InChI=1S/C19H24FN3O/c1-14(2)12-21-18(24)13-23-11-10-22-9-3-4-17(22)19(23)15-5-7-16(20)8-6-15/h3-9,14,19H,10-13H2,1-2H3,(H,21,24). The molecule has 0 fully saturated rings. The first kappa shape index (κ1) is 16.7. The van der Waals surface area contributed by atoms with E-state index >= 15 is 0 Å². The Bertz CT molecular complexity index is 693. The summed E-state index contributed by atoms with van der Waals surface area (Å²) in [7, 11) is 0. The summed E-state index contributed by atoms with van der Waals surface area (Å²) in [6.07, 6.45) is 2.06. The molecule has 1 atom stereocenters. The van der Waals surface area contributed by atoms with E-state index in [1.165, 1.54) is 12.1 Å². The molecule has 1 aromatic heterocycles. The second-order valence-corrected chi connectivity index (χ2v) is 6.75. The summed E-state index contributed by atoms with van der Waals surface area (Å²) in [6, 6.07) is 10.6. The minimum atomic E-state index is -0.244. The molecule has 1 aliphatic rings. The Balaban J connectivity index is 1.82. The van der Waals surface area contributed by atoms with Gasteiger partial charge in [0.15, 0.2) is 0 Å². The first-order valence-electron chi connectivity index (χ1n) is 8.46. The number of fused-ring (bicyclic) bond motifs is 1. The highest BCUT2D eigenvalue weighted by molar-refractivity contribution is 5.78. The minimum absolute atomic E-state index is 0.0286. The zero-order chi connectivity index (χ0) is 17.1. The SMILES string of the molecule is CC(C)CNC(=O)CN1CCn2cccc2C1c1ccc(F)cc1. The predicted molar refractivity (Wildman–Crippen MR) is 92.1 cm³/mol. The molecule has 3 rings (SSSR count). The van der Waals surface area contributed by atoms with Gasteiger partial charge in [-0.1, -0.05) is 26.0 Å². The second kappa shape index (κ2) is 7.18. The van der Waals surface area contributed by atoms with Crippen molar-refractivity contribution in [1.29, 1.82) is 0 Å². The van der Waals surface area contributed by atoms with Crippen LogP contribution < -0.4 is 5.32 Å². The fraction of sp³-hybridized carbons (Fsp3) is 0.421. The number of hydrogen-bond acceptors (Lipinski definition) is 2. The van der Waals surface area contributed by atoms with Crippen LogP contribution in [0.1, 0.15) is 31.1 Å². The number of nitrogens with zero attached hydrogens (tertiary/aromatic N) is 2. The summed E-state index contributed by atoms with van der Waals surface area (Å²) >= 11 is 0. The van der Waals surface area contributed by atoms with Crippen molar-refractivity contribution in [2.75, 3.05) is 19.6 Å². The van der Waals surface area contributed by atoms with Crippen LogP contribution in [-0.2, 0) is 11.3 Å². The van der Waals surface area contributed by atoms with Gasteiger partial charge in [0.25, 0.3) is 0 Å². The first-order valence-corrected chi connectivity index (χ1v) is 8.46. The topological polar surface area (TPSA) is 37.3 Å². The van der Waals surface area contributed by atoms with Gasteiger partial charge in [0.2, 0.25) is 5.91 Å². The molecule has 1 unspecified atom stereocenters. The van der Waals surface area contributed by atoms with Gasteiger partial charge in [-0.2, -0.15) is 0 Å². The van der Waals surface area contributed by atoms with Crippen molar-refractivity contribution in [3.63, 3.8) is 0 Å². The lowest BCUT2D eigenvalue weighted by molar-refractivity contribution is -0.123. The lowest BCUT2D eigenvalue weighted by atomic mass is 10.00. The monoisotopic (exact) mass is 329 g/mol. The molecule has 5 heteroatoms. The molecule has 0 spiro atoms. The fourth-order valence-electron chi connectivity index (χ4n) is 3.19. The highest BCUT2D eigenvalue weighted by Gasteiger charge is 2.29. The van der Waals surface area contributed by atoms with Crippen molar-refractivity contribution in [3.8, 4) is 0 Å². The molecule has 0 radical (unpaired) electrons. The van der Waals surface area contributed by atoms with Crippen LogP contribution in [-0.4, -0.2) is 35.0 Å². The van der Waals surface area contributed by atoms with E-state index in [4.69, 9.17) is 0 Å². The van der Waals surface area contributed by atoms with Crippen LogP contribution in [0.15, 0.2) is 42.6 Å². The maximum atomic E-state index is 13.3. The molecule has 1 N–H and O–H groups in total. The van der Waals surface area contributed by atoms with E-state index in [-0.39, 0.29) is 17.8 Å². The van der Waals surface area contributed by atoms with Gasteiger partial charge in [0, 0.05) is 31.5 Å². The largest absolute Gasteiger partial charge is 0.355 e. The molecule has 128 valence electrons. The highest BCUT2D eigenvalue weighted by atomic mass is 19.1. The molecule has 1 aromatic carbocycles. The number of hydrogen-bond donors (Lipinski definition) is 1. The number of carbonyl (C=O) groups excluding carboxylic acids is 1. The van der Waals surface area contributed by atoms with Crippen LogP contribution in [0.2, 0.25) is 0 Å². The van der Waals surface area contributed by atoms with Gasteiger partial charge >= 0.3 is 0 Å². The van der Waals surface area contributed by atoms with E-state index in [2.05, 4.69) is 40.9 Å². The van der Waals surface area contributed by atoms with E-state index in [9.17, 15) is 9.18 Å². The van der Waals surface area contributed by atoms with E-state index in [1.54, 1.807) is 0 Å². The quantitative estimate of drug-likeness (QED) is 0.916. The van der Waals surface area contributed by atoms with Crippen LogP contribution in [0.5, 0.6) is 0 Å². The van der Waals surface area contributed by atoms with Gasteiger partial charge in [0.1, 0.15) is 5.82 Å². The molecule has 24 heavy (non-hydrogen) atoms. The molecule has 0 saturated carbocycles. The van der Waals surface area contributed by atoms with Gasteiger partial charge in [-0.25, -0.2) is 4.39 Å². The molecular weight excluding hydrogens is 305 g/mol. The van der Waals surface area contributed by atoms with Crippen molar-refractivity contribution < 1.29 is 9.18 Å². The van der Waals surface area contributed by atoms with E-state index < -0.39 is 0 Å². The molecule has 0 saturated heterocycles.